The van der Waals surface area contributed by atoms with Crippen LogP contribution in [0.15, 0.2) is 24.3 Å². The van der Waals surface area contributed by atoms with Gasteiger partial charge in [-0.15, -0.1) is 0 Å². The lowest BCUT2D eigenvalue weighted by Gasteiger charge is -2.22. The fourth-order valence-corrected chi connectivity index (χ4v) is 2.86. The Bertz CT molecular complexity index is 543. The van der Waals surface area contributed by atoms with E-state index in [1.807, 2.05) is 18.7 Å². The van der Waals surface area contributed by atoms with Crippen molar-refractivity contribution in [1.29, 1.82) is 0 Å². The Balaban J connectivity index is 1.81. The number of nitrogens with one attached hydrogen (secondary N) is 2. The Labute approximate surface area is 136 Å². The summed E-state index contributed by atoms with van der Waals surface area (Å²) in [7, 11) is 0. The molecular formula is C17H24FN3O2. The summed E-state index contributed by atoms with van der Waals surface area (Å²) >= 11 is 0. The van der Waals surface area contributed by atoms with Crippen LogP contribution in [0.25, 0.3) is 0 Å². The molecule has 1 atom stereocenters. The molecule has 2 N–H and O–H groups in total. The third kappa shape index (κ3) is 4.68. The van der Waals surface area contributed by atoms with E-state index in [0.29, 0.717) is 18.8 Å². The van der Waals surface area contributed by atoms with Crippen LogP contribution in [0, 0.1) is 11.7 Å². The number of benzene rings is 1. The van der Waals surface area contributed by atoms with Gasteiger partial charge < -0.3 is 15.5 Å². The van der Waals surface area contributed by atoms with Crippen molar-refractivity contribution < 1.29 is 14.0 Å². The Morgan fingerprint density at radius 1 is 1.26 bits per heavy atom. The van der Waals surface area contributed by atoms with Crippen molar-refractivity contribution in [3.05, 3.63) is 30.1 Å². The number of hydrogen-bond donors (Lipinski definition) is 2. The molecule has 3 amide bonds. The van der Waals surface area contributed by atoms with E-state index < -0.39 is 0 Å². The molecule has 5 nitrogen and oxygen atoms in total. The number of urea groups is 1. The minimum Gasteiger partial charge on any atom is -0.340 e. The molecule has 1 saturated heterocycles. The Morgan fingerprint density at radius 3 is 2.52 bits per heavy atom. The first-order chi connectivity index (χ1) is 11.0. The normalized spacial score (nSPS) is 17.4. The average molecular weight is 321 g/mol. The molecule has 0 radical (unpaired) electrons. The summed E-state index contributed by atoms with van der Waals surface area (Å²) in [6.07, 6.45) is 2.44. The van der Waals surface area contributed by atoms with Gasteiger partial charge in [-0.2, -0.15) is 0 Å². The Morgan fingerprint density at radius 2 is 1.91 bits per heavy atom. The number of nitrogens with zero attached hydrogens (tertiary/aromatic N) is 1. The van der Waals surface area contributed by atoms with Crippen LogP contribution in [0.5, 0.6) is 0 Å². The maximum Gasteiger partial charge on any atom is 0.319 e. The minimum atomic E-state index is -0.345. The molecule has 1 aromatic carbocycles. The van der Waals surface area contributed by atoms with E-state index in [9.17, 15) is 14.0 Å². The monoisotopic (exact) mass is 321 g/mol. The lowest BCUT2D eigenvalue weighted by molar-refractivity contribution is -0.134. The Kier molecular flexibility index (Phi) is 5.96. The molecule has 0 aromatic heterocycles. The highest BCUT2D eigenvalue weighted by atomic mass is 19.1. The van der Waals surface area contributed by atoms with Crippen molar-refractivity contribution in [2.24, 2.45) is 5.92 Å². The zero-order chi connectivity index (χ0) is 16.8. The van der Waals surface area contributed by atoms with Crippen molar-refractivity contribution in [3.63, 3.8) is 0 Å². The number of anilines is 1. The van der Waals surface area contributed by atoms with Crippen LogP contribution >= 0.6 is 0 Å². The SMILES string of the molecule is CCC(CC)C(=O)N1CC[C@H](NC(=O)Nc2ccc(F)cc2)C1. The van der Waals surface area contributed by atoms with Crippen LogP contribution < -0.4 is 10.6 Å². The van der Waals surface area contributed by atoms with Crippen LogP contribution in [0.4, 0.5) is 14.9 Å². The molecule has 2 rings (SSSR count). The van der Waals surface area contributed by atoms with Gasteiger partial charge in [0.25, 0.3) is 0 Å². The lowest BCUT2D eigenvalue weighted by Crippen LogP contribution is -2.41. The van der Waals surface area contributed by atoms with Gasteiger partial charge in [-0.25, -0.2) is 9.18 Å². The fourth-order valence-electron chi connectivity index (χ4n) is 2.86. The average Bonchev–Trinajstić information content (AvgIpc) is 2.99. The van der Waals surface area contributed by atoms with Gasteiger partial charge in [0.1, 0.15) is 5.82 Å². The summed E-state index contributed by atoms with van der Waals surface area (Å²) < 4.78 is 12.8. The van der Waals surface area contributed by atoms with E-state index >= 15 is 0 Å². The number of rotatable bonds is 5. The largest absolute Gasteiger partial charge is 0.340 e. The zero-order valence-corrected chi connectivity index (χ0v) is 13.6. The molecular weight excluding hydrogens is 297 g/mol. The van der Waals surface area contributed by atoms with E-state index in [1.54, 1.807) is 0 Å². The first-order valence-corrected chi connectivity index (χ1v) is 8.15. The molecule has 1 aliphatic rings. The van der Waals surface area contributed by atoms with Crippen LogP contribution in [0.3, 0.4) is 0 Å². The number of amides is 3. The van der Waals surface area contributed by atoms with Gasteiger partial charge in [0.15, 0.2) is 0 Å². The fraction of sp³-hybridized carbons (Fsp3) is 0.529. The topological polar surface area (TPSA) is 61.4 Å². The molecule has 1 aliphatic heterocycles. The lowest BCUT2D eigenvalue weighted by atomic mass is 10.0. The van der Waals surface area contributed by atoms with E-state index in [4.69, 9.17) is 0 Å². The van der Waals surface area contributed by atoms with Crippen LogP contribution in [0.1, 0.15) is 33.1 Å². The van der Waals surface area contributed by atoms with Gasteiger partial charge in [0.05, 0.1) is 0 Å². The first-order valence-electron chi connectivity index (χ1n) is 8.15. The summed E-state index contributed by atoms with van der Waals surface area (Å²) in [5, 5.41) is 5.53. The van der Waals surface area contributed by atoms with E-state index in [0.717, 1.165) is 19.3 Å². The molecule has 0 spiro atoms. The third-order valence-electron chi connectivity index (χ3n) is 4.27. The van der Waals surface area contributed by atoms with Crippen molar-refractivity contribution in [1.82, 2.24) is 10.2 Å². The van der Waals surface area contributed by atoms with Crippen LogP contribution in [-0.2, 0) is 4.79 Å². The molecule has 6 heteroatoms. The molecule has 0 unspecified atom stereocenters. The smallest absolute Gasteiger partial charge is 0.319 e. The van der Waals surface area contributed by atoms with E-state index in [2.05, 4.69) is 10.6 Å². The zero-order valence-electron chi connectivity index (χ0n) is 13.6. The number of likely N-dealkylation sites (tertiary alicyclic amines) is 1. The quantitative estimate of drug-likeness (QED) is 0.876. The van der Waals surface area contributed by atoms with Gasteiger partial charge in [-0.05, 0) is 43.5 Å². The second-order valence-electron chi connectivity index (χ2n) is 5.89. The highest BCUT2D eigenvalue weighted by Crippen LogP contribution is 2.17. The second-order valence-corrected chi connectivity index (χ2v) is 5.89. The standard InChI is InChI=1S/C17H24FN3O2/c1-3-12(4-2)16(22)21-10-9-15(11-21)20-17(23)19-14-7-5-13(18)6-8-14/h5-8,12,15H,3-4,9-11H2,1-2H3,(H2,19,20,23)/t15-/m0/s1. The van der Waals surface area contributed by atoms with Gasteiger partial charge in [-0.3, -0.25) is 4.79 Å². The van der Waals surface area contributed by atoms with E-state index in [1.165, 1.54) is 24.3 Å². The highest BCUT2D eigenvalue weighted by Gasteiger charge is 2.30. The number of halogens is 1. The molecule has 1 heterocycles. The highest BCUT2D eigenvalue weighted by molar-refractivity contribution is 5.89. The number of hydrogen-bond acceptors (Lipinski definition) is 2. The summed E-state index contributed by atoms with van der Waals surface area (Å²) in [4.78, 5) is 26.1. The molecule has 0 saturated carbocycles. The van der Waals surface area contributed by atoms with Gasteiger partial charge in [-0.1, -0.05) is 13.8 Å². The molecule has 126 valence electrons. The maximum absolute atomic E-state index is 12.8. The third-order valence-corrected chi connectivity index (χ3v) is 4.27. The number of carbonyl (C=O) groups is 2. The van der Waals surface area contributed by atoms with Crippen molar-refractivity contribution >= 4 is 17.6 Å². The van der Waals surface area contributed by atoms with Crippen molar-refractivity contribution in [2.45, 2.75) is 39.2 Å². The molecule has 0 aliphatic carbocycles. The molecule has 0 bridgehead atoms. The second kappa shape index (κ2) is 7.94. The molecule has 1 aromatic rings. The predicted octanol–water partition coefficient (Wildman–Crippen LogP) is 2.98. The summed E-state index contributed by atoms with van der Waals surface area (Å²) in [6, 6.07) is 5.22. The number of carbonyl (C=O) groups excluding carboxylic acids is 2. The van der Waals surface area contributed by atoms with Crippen molar-refractivity contribution in [3.8, 4) is 0 Å². The Hall–Kier alpha value is -2.11. The maximum atomic E-state index is 12.8. The van der Waals surface area contributed by atoms with Gasteiger partial charge in [0.2, 0.25) is 5.91 Å². The summed E-state index contributed by atoms with van der Waals surface area (Å²) in [6.45, 7) is 5.27. The first kappa shape index (κ1) is 17.2. The molecule has 23 heavy (non-hydrogen) atoms. The summed E-state index contributed by atoms with van der Waals surface area (Å²) in [5.41, 5.74) is 0.534. The molecule has 1 fully saturated rings. The summed E-state index contributed by atoms with van der Waals surface area (Å²) in [5.74, 6) is -0.0951. The van der Waals surface area contributed by atoms with Crippen LogP contribution in [0.2, 0.25) is 0 Å². The van der Waals surface area contributed by atoms with Gasteiger partial charge >= 0.3 is 6.03 Å². The van der Waals surface area contributed by atoms with Crippen molar-refractivity contribution in [2.75, 3.05) is 18.4 Å². The predicted molar refractivity (Wildman–Crippen MR) is 87.6 cm³/mol. The van der Waals surface area contributed by atoms with Crippen LogP contribution in [-0.4, -0.2) is 36.0 Å². The van der Waals surface area contributed by atoms with Gasteiger partial charge in [0, 0.05) is 30.7 Å². The minimum absolute atomic E-state index is 0.0474. The van der Waals surface area contributed by atoms with E-state index in [-0.39, 0.29) is 29.7 Å².